The van der Waals surface area contributed by atoms with Crippen molar-refractivity contribution >= 4 is 23.8 Å². The maximum absolute atomic E-state index is 7.23. The Balaban J connectivity index is 1.17. The van der Waals surface area contributed by atoms with Crippen molar-refractivity contribution in [2.45, 2.75) is 105 Å². The Morgan fingerprint density at radius 3 is 1.40 bits per heavy atom. The van der Waals surface area contributed by atoms with Crippen molar-refractivity contribution in [3.8, 4) is 33.8 Å². The van der Waals surface area contributed by atoms with Crippen molar-refractivity contribution in [1.82, 2.24) is 0 Å². The molecule has 8 rings (SSSR count). The summed E-state index contributed by atoms with van der Waals surface area (Å²) in [5.41, 5.74) is 14.3. The van der Waals surface area contributed by atoms with Crippen LogP contribution in [0.15, 0.2) is 97.1 Å². The fraction of sp³-hybridized carbons (Fsp3) is 0.385. The maximum Gasteiger partial charge on any atom is 0.715 e. The van der Waals surface area contributed by atoms with Gasteiger partial charge in [0.05, 0.1) is 37.3 Å². The molecule has 0 saturated heterocycles. The first kappa shape index (κ1) is 38.9. The van der Waals surface area contributed by atoms with E-state index in [4.69, 9.17) is 9.47 Å². The number of hydrogen-bond donors (Lipinski definition) is 0. The molecule has 57 heavy (non-hydrogen) atoms. The van der Waals surface area contributed by atoms with Crippen LogP contribution in [0, 0.1) is 13.8 Å². The molecule has 1 spiro atoms. The highest BCUT2D eigenvalue weighted by Crippen LogP contribution is 2.50. The Labute approximate surface area is 341 Å². The molecule has 294 valence electrons. The van der Waals surface area contributed by atoms with Gasteiger partial charge in [-0.05, 0) is 117 Å². The predicted molar refractivity (Wildman–Crippen MR) is 236 cm³/mol. The van der Waals surface area contributed by atoms with Crippen LogP contribution in [-0.4, -0.2) is 58.3 Å². The average molecular weight is 761 g/mol. The summed E-state index contributed by atoms with van der Waals surface area (Å²) < 4.78 is 20.0. The van der Waals surface area contributed by atoms with Crippen LogP contribution in [0.4, 0.5) is 11.4 Å². The highest BCUT2D eigenvalue weighted by atomic mass is 16.7. The quantitative estimate of drug-likeness (QED) is 0.0739. The topological polar surface area (TPSA) is 24.5 Å². The second kappa shape index (κ2) is 16.5. The minimum atomic E-state index is -1.21. The summed E-state index contributed by atoms with van der Waals surface area (Å²) in [5.74, 6) is 1.71. The van der Waals surface area contributed by atoms with E-state index in [1.165, 1.54) is 103 Å². The van der Waals surface area contributed by atoms with Crippen LogP contribution in [0.2, 0.25) is 0 Å². The number of nitrogens with zero attached hydrogens (tertiary/aromatic N) is 3. The number of unbranched alkanes of at least 4 members (excludes halogenated alkanes) is 3. The molecule has 0 aromatic heterocycles. The van der Waals surface area contributed by atoms with E-state index < -0.39 is 6.03 Å². The summed E-state index contributed by atoms with van der Waals surface area (Å²) in [7, 11) is 0. The number of fused-ring (bicyclic) bond motifs is 5. The summed E-state index contributed by atoms with van der Waals surface area (Å²) in [6.45, 7) is 18.7. The monoisotopic (exact) mass is 760 g/mol. The third-order valence-electron chi connectivity index (χ3n) is 12.6. The van der Waals surface area contributed by atoms with Crippen molar-refractivity contribution in [1.29, 1.82) is 0 Å². The summed E-state index contributed by atoms with van der Waals surface area (Å²) >= 11 is 0. The lowest BCUT2D eigenvalue weighted by atomic mass is 9.93. The first-order chi connectivity index (χ1) is 27.8. The molecule has 3 heterocycles. The Bertz CT molecular complexity index is 2310. The minimum Gasteiger partial charge on any atom is -0.340 e. The molecule has 1 unspecified atom stereocenters. The van der Waals surface area contributed by atoms with Crippen molar-refractivity contribution in [2.75, 3.05) is 26.2 Å². The van der Waals surface area contributed by atoms with Crippen LogP contribution in [0.5, 0.6) is 11.5 Å². The van der Waals surface area contributed by atoms with Crippen molar-refractivity contribution < 1.29 is 23.1 Å². The van der Waals surface area contributed by atoms with Gasteiger partial charge >= 0.3 is 6.03 Å². The van der Waals surface area contributed by atoms with Crippen LogP contribution < -0.4 is 9.47 Å². The standard InChI is InChI=1S/C52H62N3O2/c1-7-11-28-55(29-12-8-2,30-13-9-3)31-27-41-22-15-17-24-47(41)43-33-39(6)51-45(35-43)37-54-49-26-19-18-25-48(49)53-36-44-34-42(46-23-16-14-21-40(46)20-10-4)32-38(5)50(44)56-52(53,54)57-51/h14-19,21-26,32-37H,7-13,20,27-31H2,1-6H3/q+3. The molecule has 5 aromatic rings. The third-order valence-corrected chi connectivity index (χ3v) is 12.6. The van der Waals surface area contributed by atoms with Crippen molar-refractivity contribution in [2.24, 2.45) is 0 Å². The third kappa shape index (κ3) is 7.25. The zero-order valence-electron chi connectivity index (χ0n) is 35.2. The van der Waals surface area contributed by atoms with Crippen LogP contribution in [0.3, 0.4) is 0 Å². The van der Waals surface area contributed by atoms with Gasteiger partial charge in [0.2, 0.25) is 0 Å². The van der Waals surface area contributed by atoms with E-state index >= 15 is 0 Å². The molecule has 0 N–H and O–H groups in total. The van der Waals surface area contributed by atoms with Gasteiger partial charge in [-0.3, -0.25) is 0 Å². The first-order valence-corrected chi connectivity index (χ1v) is 21.9. The molecular formula is C52H62N3O2+3. The molecule has 0 bridgehead atoms. The SMILES string of the molecule is CCCC[N+](CCCC)(CCCC)CCc1ccccc1-c1cc(C)c2c(c1)C=[N+]1c3ccccc3[N+]3=Cc4cc(-c5ccccc5CCC)cc(C)c4OC31O2. The molecule has 0 radical (unpaired) electrons. The lowest BCUT2D eigenvalue weighted by Crippen LogP contribution is -2.59. The average Bonchev–Trinajstić information content (AvgIpc) is 3.51. The molecular weight excluding hydrogens is 699 g/mol. The van der Waals surface area contributed by atoms with Crippen LogP contribution in [0.1, 0.15) is 106 Å². The maximum atomic E-state index is 7.23. The molecule has 0 fully saturated rings. The van der Waals surface area contributed by atoms with Gasteiger partial charge in [-0.25, -0.2) is 0 Å². The van der Waals surface area contributed by atoms with E-state index in [1.807, 2.05) is 0 Å². The van der Waals surface area contributed by atoms with E-state index in [1.54, 1.807) is 0 Å². The van der Waals surface area contributed by atoms with E-state index in [0.717, 1.165) is 64.4 Å². The molecule has 1 atom stereocenters. The summed E-state index contributed by atoms with van der Waals surface area (Å²) in [6, 6.07) is 34.5. The number of benzene rings is 5. The van der Waals surface area contributed by atoms with Gasteiger partial charge in [0, 0.05) is 18.6 Å². The lowest BCUT2D eigenvalue weighted by Gasteiger charge is -2.39. The Morgan fingerprint density at radius 1 is 0.509 bits per heavy atom. The fourth-order valence-corrected chi connectivity index (χ4v) is 9.56. The largest absolute Gasteiger partial charge is 0.715 e. The van der Waals surface area contributed by atoms with Gasteiger partial charge in [0.25, 0.3) is 11.4 Å². The second-order valence-electron chi connectivity index (χ2n) is 16.8. The number of quaternary nitrogens is 1. The number of aryl methyl sites for hydroxylation is 3. The molecule has 5 heteroatoms. The van der Waals surface area contributed by atoms with Crippen molar-refractivity contribution in [3.05, 3.63) is 130 Å². The predicted octanol–water partition coefficient (Wildman–Crippen LogP) is 12.3. The minimum absolute atomic E-state index is 0.854. The van der Waals surface area contributed by atoms with Crippen LogP contribution >= 0.6 is 0 Å². The van der Waals surface area contributed by atoms with Gasteiger partial charge < -0.3 is 14.0 Å². The number of para-hydroxylation sites is 2. The van der Waals surface area contributed by atoms with Gasteiger partial charge in [-0.15, -0.1) is 0 Å². The normalized spacial score (nSPS) is 16.3. The Kier molecular flexibility index (Phi) is 11.2. The van der Waals surface area contributed by atoms with E-state index in [2.05, 4.69) is 160 Å². The molecule has 5 aromatic carbocycles. The smallest absolute Gasteiger partial charge is 0.340 e. The summed E-state index contributed by atoms with van der Waals surface area (Å²) in [6.07, 6.45) is 15.4. The Morgan fingerprint density at radius 2 is 0.947 bits per heavy atom. The molecule has 0 amide bonds. The molecule has 0 aliphatic carbocycles. The first-order valence-electron chi connectivity index (χ1n) is 21.9. The number of ether oxygens (including phenoxy) is 2. The zero-order chi connectivity index (χ0) is 39.6. The van der Waals surface area contributed by atoms with Gasteiger partial charge in [0.1, 0.15) is 0 Å². The second-order valence-corrected chi connectivity index (χ2v) is 16.8. The van der Waals surface area contributed by atoms with E-state index in [9.17, 15) is 0 Å². The lowest BCUT2D eigenvalue weighted by molar-refractivity contribution is -0.928. The Hall–Kier alpha value is -5.00. The fourth-order valence-electron chi connectivity index (χ4n) is 9.56. The van der Waals surface area contributed by atoms with E-state index in [-0.39, 0.29) is 0 Å². The molecule has 3 aliphatic rings. The highest BCUT2D eigenvalue weighted by Gasteiger charge is 2.72. The number of rotatable bonds is 16. The summed E-state index contributed by atoms with van der Waals surface area (Å²) in [5, 5.41) is 0. The van der Waals surface area contributed by atoms with Gasteiger partial charge in [-0.2, -0.15) is 0 Å². The van der Waals surface area contributed by atoms with Gasteiger partial charge in [-0.1, -0.05) is 114 Å². The molecule has 3 aliphatic heterocycles. The zero-order valence-corrected chi connectivity index (χ0v) is 35.2. The van der Waals surface area contributed by atoms with Crippen LogP contribution in [0.25, 0.3) is 22.3 Å². The molecule has 0 saturated carbocycles. The summed E-state index contributed by atoms with van der Waals surface area (Å²) in [4.78, 5) is 0. The number of hydrogen-bond acceptors (Lipinski definition) is 2. The molecule has 5 nitrogen and oxygen atoms in total. The van der Waals surface area contributed by atoms with Crippen molar-refractivity contribution in [3.63, 3.8) is 0 Å². The highest BCUT2D eigenvalue weighted by molar-refractivity contribution is 5.90. The van der Waals surface area contributed by atoms with Crippen LogP contribution in [-0.2, 0) is 12.8 Å². The van der Waals surface area contributed by atoms with Gasteiger partial charge in [0.15, 0.2) is 23.9 Å². The van der Waals surface area contributed by atoms with E-state index in [0.29, 0.717) is 0 Å².